The highest BCUT2D eigenvalue weighted by Gasteiger charge is 2.19. The lowest BCUT2D eigenvalue weighted by atomic mass is 9.97. The van der Waals surface area contributed by atoms with Crippen molar-refractivity contribution >= 4 is 0 Å². The maximum absolute atomic E-state index is 4.86. The van der Waals surface area contributed by atoms with Crippen molar-refractivity contribution in [1.29, 1.82) is 0 Å². The van der Waals surface area contributed by atoms with Crippen LogP contribution in [-0.4, -0.2) is 16.5 Å². The molecule has 0 bridgehead atoms. The molecule has 2 aromatic rings. The van der Waals surface area contributed by atoms with Gasteiger partial charge in [0, 0.05) is 13.0 Å². The molecule has 1 aliphatic rings. The fourth-order valence-electron chi connectivity index (χ4n) is 2.89. The van der Waals surface area contributed by atoms with Gasteiger partial charge in [-0.25, -0.2) is 9.97 Å². The van der Waals surface area contributed by atoms with E-state index in [-0.39, 0.29) is 0 Å². The van der Waals surface area contributed by atoms with E-state index in [4.69, 9.17) is 9.97 Å². The summed E-state index contributed by atoms with van der Waals surface area (Å²) < 4.78 is 0. The summed E-state index contributed by atoms with van der Waals surface area (Å²) in [5.41, 5.74) is 6.37. The minimum atomic E-state index is 0.455. The van der Waals surface area contributed by atoms with Crippen LogP contribution in [-0.2, 0) is 19.4 Å². The average molecular weight is 281 g/mol. The third-order valence-electron chi connectivity index (χ3n) is 4.04. The first-order chi connectivity index (χ1) is 10.1. The van der Waals surface area contributed by atoms with Gasteiger partial charge in [-0.1, -0.05) is 43.7 Å². The van der Waals surface area contributed by atoms with Crippen molar-refractivity contribution in [3.05, 3.63) is 58.2 Å². The second-order valence-corrected chi connectivity index (χ2v) is 6.19. The number of hydrogen-bond acceptors (Lipinski definition) is 3. The van der Waals surface area contributed by atoms with E-state index in [1.54, 1.807) is 0 Å². The maximum atomic E-state index is 4.86. The molecule has 1 N–H and O–H groups in total. The lowest BCUT2D eigenvalue weighted by Gasteiger charge is -2.21. The Morgan fingerprint density at radius 3 is 2.62 bits per heavy atom. The molecule has 1 aliphatic heterocycles. The first-order valence-electron chi connectivity index (χ1n) is 7.78. The van der Waals surface area contributed by atoms with Crippen molar-refractivity contribution in [2.45, 2.75) is 46.1 Å². The third kappa shape index (κ3) is 3.13. The summed E-state index contributed by atoms with van der Waals surface area (Å²) in [5.74, 6) is 1.40. The molecule has 3 rings (SSSR count). The molecule has 2 heterocycles. The molecule has 110 valence electrons. The van der Waals surface area contributed by atoms with Gasteiger partial charge >= 0.3 is 0 Å². The summed E-state index contributed by atoms with van der Waals surface area (Å²) in [6, 6.07) is 8.65. The molecule has 0 saturated carbocycles. The Morgan fingerprint density at radius 2 is 1.90 bits per heavy atom. The molecule has 0 atom stereocenters. The molecule has 1 aromatic heterocycles. The van der Waals surface area contributed by atoms with Crippen LogP contribution in [0.5, 0.6) is 0 Å². The molecule has 1 aromatic carbocycles. The zero-order chi connectivity index (χ0) is 14.8. The second kappa shape index (κ2) is 5.94. The Kier molecular flexibility index (Phi) is 4.02. The van der Waals surface area contributed by atoms with Gasteiger partial charge in [0.1, 0.15) is 5.82 Å². The molecule has 0 unspecified atom stereocenters. The van der Waals surface area contributed by atoms with Crippen molar-refractivity contribution in [3.63, 3.8) is 0 Å². The normalized spacial score (nSPS) is 14.3. The molecule has 0 aliphatic carbocycles. The molecule has 21 heavy (non-hydrogen) atoms. The van der Waals surface area contributed by atoms with Gasteiger partial charge in [0.2, 0.25) is 0 Å². The van der Waals surface area contributed by atoms with Gasteiger partial charge in [0.05, 0.1) is 11.4 Å². The van der Waals surface area contributed by atoms with Gasteiger partial charge in [-0.15, -0.1) is 0 Å². The zero-order valence-corrected chi connectivity index (χ0v) is 13.1. The fourth-order valence-corrected chi connectivity index (χ4v) is 2.89. The van der Waals surface area contributed by atoms with E-state index in [0.29, 0.717) is 5.92 Å². The zero-order valence-electron chi connectivity index (χ0n) is 13.1. The number of nitrogens with zero attached hydrogens (tertiary/aromatic N) is 2. The first-order valence-corrected chi connectivity index (χ1v) is 7.78. The highest BCUT2D eigenvalue weighted by molar-refractivity contribution is 5.32. The summed E-state index contributed by atoms with van der Waals surface area (Å²) in [6.45, 7) is 8.47. The largest absolute Gasteiger partial charge is 0.311 e. The number of hydrogen-bond donors (Lipinski definition) is 1. The number of rotatable bonds is 3. The molecule has 0 amide bonds. The summed E-state index contributed by atoms with van der Waals surface area (Å²) in [6.07, 6.45) is 1.86. The molecule has 3 heteroatoms. The van der Waals surface area contributed by atoms with Crippen LogP contribution in [0.2, 0.25) is 0 Å². The predicted molar refractivity (Wildman–Crippen MR) is 85.5 cm³/mol. The van der Waals surface area contributed by atoms with E-state index >= 15 is 0 Å². The van der Waals surface area contributed by atoms with E-state index in [0.717, 1.165) is 31.8 Å². The standard InChI is InChI=1S/C18H23N3/c1-12(2)18-15-8-9-19-11-16(15)20-17(21-18)10-14-6-4-13(3)5-7-14/h4-7,12,19H,8-11H2,1-3H3. The molecular formula is C18H23N3. The Balaban J connectivity index is 1.95. The Morgan fingerprint density at radius 1 is 1.14 bits per heavy atom. The fraction of sp³-hybridized carbons (Fsp3) is 0.444. The SMILES string of the molecule is Cc1ccc(Cc2nc3c(c(C(C)C)n2)CCNC3)cc1. The topological polar surface area (TPSA) is 37.8 Å². The van der Waals surface area contributed by atoms with Crippen molar-refractivity contribution < 1.29 is 0 Å². The van der Waals surface area contributed by atoms with Gasteiger partial charge in [-0.2, -0.15) is 0 Å². The quantitative estimate of drug-likeness (QED) is 0.939. The summed E-state index contributed by atoms with van der Waals surface area (Å²) in [4.78, 5) is 9.66. The van der Waals surface area contributed by atoms with E-state index in [1.807, 2.05) is 0 Å². The minimum Gasteiger partial charge on any atom is -0.311 e. The summed E-state index contributed by atoms with van der Waals surface area (Å²) >= 11 is 0. The molecule has 0 fully saturated rings. The lowest BCUT2D eigenvalue weighted by Crippen LogP contribution is -2.27. The Labute approximate surface area is 126 Å². The minimum absolute atomic E-state index is 0.455. The molecule has 0 spiro atoms. The number of aromatic nitrogens is 2. The summed E-state index contributed by atoms with van der Waals surface area (Å²) in [7, 11) is 0. The third-order valence-corrected chi connectivity index (χ3v) is 4.04. The van der Waals surface area contributed by atoms with Crippen LogP contribution >= 0.6 is 0 Å². The lowest BCUT2D eigenvalue weighted by molar-refractivity contribution is 0.601. The van der Waals surface area contributed by atoms with Crippen LogP contribution in [0.15, 0.2) is 24.3 Å². The van der Waals surface area contributed by atoms with Crippen LogP contribution in [0, 0.1) is 6.92 Å². The number of fused-ring (bicyclic) bond motifs is 1. The monoisotopic (exact) mass is 281 g/mol. The van der Waals surface area contributed by atoms with Crippen LogP contribution in [0.1, 0.15) is 53.7 Å². The molecule has 0 radical (unpaired) electrons. The van der Waals surface area contributed by atoms with E-state index < -0.39 is 0 Å². The molecule has 0 saturated heterocycles. The number of aryl methyl sites for hydroxylation is 1. The van der Waals surface area contributed by atoms with Crippen LogP contribution < -0.4 is 5.32 Å². The van der Waals surface area contributed by atoms with Crippen LogP contribution in [0.3, 0.4) is 0 Å². The highest BCUT2D eigenvalue weighted by atomic mass is 15.0. The average Bonchev–Trinajstić information content (AvgIpc) is 2.48. The van der Waals surface area contributed by atoms with Gasteiger partial charge in [-0.05, 0) is 36.9 Å². The van der Waals surface area contributed by atoms with E-state index in [2.05, 4.69) is 50.4 Å². The van der Waals surface area contributed by atoms with E-state index in [9.17, 15) is 0 Å². The van der Waals surface area contributed by atoms with Crippen molar-refractivity contribution in [2.24, 2.45) is 0 Å². The second-order valence-electron chi connectivity index (χ2n) is 6.19. The first kappa shape index (κ1) is 14.2. The Bertz CT molecular complexity index is 630. The highest BCUT2D eigenvalue weighted by Crippen LogP contribution is 2.23. The smallest absolute Gasteiger partial charge is 0.133 e. The van der Waals surface area contributed by atoms with Gasteiger partial charge in [0.25, 0.3) is 0 Å². The van der Waals surface area contributed by atoms with Crippen molar-refractivity contribution in [1.82, 2.24) is 15.3 Å². The van der Waals surface area contributed by atoms with Crippen molar-refractivity contribution in [3.8, 4) is 0 Å². The molecule has 3 nitrogen and oxygen atoms in total. The Hall–Kier alpha value is -1.74. The van der Waals surface area contributed by atoms with Gasteiger partial charge in [-0.3, -0.25) is 0 Å². The number of nitrogens with one attached hydrogen (secondary N) is 1. The maximum Gasteiger partial charge on any atom is 0.133 e. The summed E-state index contributed by atoms with van der Waals surface area (Å²) in [5, 5.41) is 3.42. The van der Waals surface area contributed by atoms with Gasteiger partial charge < -0.3 is 5.32 Å². The van der Waals surface area contributed by atoms with Gasteiger partial charge in [0.15, 0.2) is 0 Å². The predicted octanol–water partition coefficient (Wildman–Crippen LogP) is 3.14. The van der Waals surface area contributed by atoms with E-state index in [1.165, 1.54) is 28.1 Å². The van der Waals surface area contributed by atoms with Crippen LogP contribution in [0.4, 0.5) is 0 Å². The van der Waals surface area contributed by atoms with Crippen LogP contribution in [0.25, 0.3) is 0 Å². The van der Waals surface area contributed by atoms with Crippen molar-refractivity contribution in [2.75, 3.05) is 6.54 Å². The molecular weight excluding hydrogens is 258 g/mol. The number of benzene rings is 1.